The van der Waals surface area contributed by atoms with Crippen LogP contribution in [-0.2, 0) is 11.0 Å². The summed E-state index contributed by atoms with van der Waals surface area (Å²) in [5.41, 5.74) is 4.17. The van der Waals surface area contributed by atoms with Gasteiger partial charge in [0.2, 0.25) is 0 Å². The van der Waals surface area contributed by atoms with Crippen LogP contribution in [0.15, 0.2) is 54.9 Å². The number of benzene rings is 2. The number of pyridine rings is 1. The Hall–Kier alpha value is -4.21. The fraction of sp³-hybridized carbons (Fsp3) is 0.333. The molecular formula is C30H31F3N4O3. The van der Waals surface area contributed by atoms with E-state index in [1.807, 2.05) is 36.0 Å². The molecule has 0 fully saturated rings. The number of carbonyl (C=O) groups is 2. The number of fused-ring (bicyclic) bond motifs is 1. The number of rotatable bonds is 9. The molecule has 1 amide bonds. The second-order valence-corrected chi connectivity index (χ2v) is 10.4. The Morgan fingerprint density at radius 1 is 1.02 bits per heavy atom. The number of carboxylic acid groups (broad SMARTS) is 1. The molecule has 0 saturated heterocycles. The summed E-state index contributed by atoms with van der Waals surface area (Å²) in [5, 5.41) is 17.0. The van der Waals surface area contributed by atoms with Crippen molar-refractivity contribution in [2.45, 2.75) is 52.8 Å². The third kappa shape index (κ3) is 6.50. The van der Waals surface area contributed by atoms with Crippen LogP contribution in [0.4, 0.5) is 13.2 Å². The van der Waals surface area contributed by atoms with Gasteiger partial charge in [0.1, 0.15) is 5.69 Å². The number of carbonyl (C=O) groups excluding carboxylic acids is 1. The third-order valence-corrected chi connectivity index (χ3v) is 6.75. The van der Waals surface area contributed by atoms with Gasteiger partial charge in [0.05, 0.1) is 23.5 Å². The average Bonchev–Trinajstić information content (AvgIpc) is 3.28. The molecule has 10 heteroatoms. The lowest BCUT2D eigenvalue weighted by Gasteiger charge is -2.20. The lowest BCUT2D eigenvalue weighted by atomic mass is 9.94. The number of nitrogens with one attached hydrogen (secondary N) is 1. The largest absolute Gasteiger partial charge is 0.481 e. The Kier molecular flexibility index (Phi) is 8.27. The molecule has 210 valence electrons. The Balaban J connectivity index is 1.65. The number of amides is 1. The van der Waals surface area contributed by atoms with Crippen LogP contribution in [0.2, 0.25) is 0 Å². The van der Waals surface area contributed by atoms with E-state index in [4.69, 9.17) is 10.2 Å². The van der Waals surface area contributed by atoms with Gasteiger partial charge < -0.3 is 10.4 Å². The summed E-state index contributed by atoms with van der Waals surface area (Å²) in [4.78, 5) is 27.3. The van der Waals surface area contributed by atoms with Gasteiger partial charge >= 0.3 is 12.1 Å². The Morgan fingerprint density at radius 3 is 2.35 bits per heavy atom. The van der Waals surface area contributed by atoms with Crippen molar-refractivity contribution in [3.63, 3.8) is 0 Å². The monoisotopic (exact) mass is 552 g/mol. The molecule has 0 bridgehead atoms. The first-order valence-corrected chi connectivity index (χ1v) is 13.0. The van der Waals surface area contributed by atoms with Gasteiger partial charge in [-0.2, -0.15) is 18.3 Å². The fourth-order valence-electron chi connectivity index (χ4n) is 4.74. The minimum atomic E-state index is -4.40. The highest BCUT2D eigenvalue weighted by molar-refractivity contribution is 5.92. The molecule has 7 nitrogen and oxygen atoms in total. The summed E-state index contributed by atoms with van der Waals surface area (Å²) >= 11 is 0. The van der Waals surface area contributed by atoms with Crippen molar-refractivity contribution in [1.29, 1.82) is 0 Å². The molecule has 0 spiro atoms. The zero-order chi connectivity index (χ0) is 29.2. The molecule has 0 saturated carbocycles. The van der Waals surface area contributed by atoms with Crippen LogP contribution in [0.1, 0.15) is 65.5 Å². The SMILES string of the molecule is Cc1cc(C(F)(F)F)ccc1-c1cc2cn(C(CC(C)C)c3ccc(C(=O)NCCC(=O)O)nc3)nc2cc1C. The fourth-order valence-corrected chi connectivity index (χ4v) is 4.74. The molecule has 40 heavy (non-hydrogen) atoms. The van der Waals surface area contributed by atoms with Crippen molar-refractivity contribution in [3.05, 3.63) is 82.8 Å². The number of carboxylic acids is 1. The molecule has 1 atom stereocenters. The van der Waals surface area contributed by atoms with Gasteiger partial charge in [-0.05, 0) is 84.3 Å². The van der Waals surface area contributed by atoms with Crippen molar-refractivity contribution in [3.8, 4) is 11.1 Å². The van der Waals surface area contributed by atoms with Gasteiger partial charge in [0, 0.05) is 24.3 Å². The lowest BCUT2D eigenvalue weighted by molar-refractivity contribution is -0.138. The third-order valence-electron chi connectivity index (χ3n) is 6.75. The first-order chi connectivity index (χ1) is 18.8. The van der Waals surface area contributed by atoms with Crippen LogP contribution >= 0.6 is 0 Å². The van der Waals surface area contributed by atoms with Crippen molar-refractivity contribution in [2.75, 3.05) is 6.54 Å². The molecule has 0 aliphatic rings. The summed E-state index contributed by atoms with van der Waals surface area (Å²) in [5.74, 6) is -1.12. The van der Waals surface area contributed by atoms with Gasteiger partial charge in [-0.1, -0.05) is 26.0 Å². The summed E-state index contributed by atoms with van der Waals surface area (Å²) in [6, 6.07) is 11.0. The second kappa shape index (κ2) is 11.5. The summed E-state index contributed by atoms with van der Waals surface area (Å²) < 4.78 is 41.4. The number of hydrogen-bond acceptors (Lipinski definition) is 4. The van der Waals surface area contributed by atoms with Gasteiger partial charge in [0.15, 0.2) is 0 Å². The van der Waals surface area contributed by atoms with Crippen molar-refractivity contribution >= 4 is 22.8 Å². The molecule has 4 rings (SSSR count). The van der Waals surface area contributed by atoms with Gasteiger partial charge in [0.25, 0.3) is 5.91 Å². The van der Waals surface area contributed by atoms with Crippen LogP contribution < -0.4 is 5.32 Å². The minimum Gasteiger partial charge on any atom is -0.481 e. The Morgan fingerprint density at radius 2 is 1.75 bits per heavy atom. The standard InChI is InChI=1S/C30H31F3N4O3/c1-17(2)11-27(20-5-8-25(35-15-20)29(40)34-10-9-28(38)39)37-16-21-14-24(19(4)13-26(21)36-37)23-7-6-22(12-18(23)3)30(31,32)33/h5-8,12-17,27H,9-11H2,1-4H3,(H,34,40)(H,38,39). The first-order valence-electron chi connectivity index (χ1n) is 13.0. The predicted octanol–water partition coefficient (Wildman–Crippen LogP) is 6.57. The maximum atomic E-state index is 13.2. The van der Waals surface area contributed by atoms with E-state index in [2.05, 4.69) is 24.1 Å². The van der Waals surface area contributed by atoms with Crippen LogP contribution in [0.3, 0.4) is 0 Å². The average molecular weight is 553 g/mol. The van der Waals surface area contributed by atoms with E-state index >= 15 is 0 Å². The van der Waals surface area contributed by atoms with E-state index < -0.39 is 23.6 Å². The van der Waals surface area contributed by atoms with E-state index in [1.54, 1.807) is 19.2 Å². The van der Waals surface area contributed by atoms with E-state index in [-0.39, 0.29) is 24.7 Å². The molecule has 2 aromatic carbocycles. The lowest BCUT2D eigenvalue weighted by Crippen LogP contribution is -2.27. The van der Waals surface area contributed by atoms with Gasteiger partial charge in [-0.15, -0.1) is 0 Å². The molecular weight excluding hydrogens is 521 g/mol. The summed E-state index contributed by atoms with van der Waals surface area (Å²) in [7, 11) is 0. The van der Waals surface area contributed by atoms with Crippen molar-refractivity contribution < 1.29 is 27.9 Å². The van der Waals surface area contributed by atoms with E-state index in [0.717, 1.165) is 45.6 Å². The first kappa shape index (κ1) is 28.8. The number of aromatic nitrogens is 3. The molecule has 1 unspecified atom stereocenters. The van der Waals surface area contributed by atoms with Crippen LogP contribution in [0.5, 0.6) is 0 Å². The maximum Gasteiger partial charge on any atom is 0.416 e. The molecule has 2 aromatic heterocycles. The van der Waals surface area contributed by atoms with Gasteiger partial charge in [-0.25, -0.2) is 0 Å². The normalized spacial score (nSPS) is 12.6. The summed E-state index contributed by atoms with van der Waals surface area (Å²) in [6.07, 6.45) is -0.256. The maximum absolute atomic E-state index is 13.2. The van der Waals surface area contributed by atoms with Crippen molar-refractivity contribution in [2.24, 2.45) is 5.92 Å². The van der Waals surface area contributed by atoms with Crippen LogP contribution in [0, 0.1) is 19.8 Å². The van der Waals surface area contributed by atoms with E-state index in [9.17, 15) is 22.8 Å². The van der Waals surface area contributed by atoms with E-state index in [1.165, 1.54) is 12.1 Å². The molecule has 4 aromatic rings. The van der Waals surface area contributed by atoms with Gasteiger partial charge in [-0.3, -0.25) is 19.3 Å². The Bertz CT molecular complexity index is 1540. The zero-order valence-electron chi connectivity index (χ0n) is 22.7. The highest BCUT2D eigenvalue weighted by atomic mass is 19.4. The predicted molar refractivity (Wildman–Crippen MR) is 146 cm³/mol. The number of alkyl halides is 3. The molecule has 0 radical (unpaired) electrons. The number of halogens is 3. The summed E-state index contributed by atoms with van der Waals surface area (Å²) in [6.45, 7) is 7.81. The zero-order valence-corrected chi connectivity index (χ0v) is 22.7. The Labute approximate surface area is 230 Å². The number of hydrogen-bond donors (Lipinski definition) is 2. The van der Waals surface area contributed by atoms with Crippen LogP contribution in [-0.4, -0.2) is 38.3 Å². The smallest absolute Gasteiger partial charge is 0.416 e. The molecule has 2 N–H and O–H groups in total. The molecule has 2 heterocycles. The number of aryl methyl sites for hydroxylation is 2. The van der Waals surface area contributed by atoms with Crippen molar-refractivity contribution in [1.82, 2.24) is 20.1 Å². The van der Waals surface area contributed by atoms with E-state index in [0.29, 0.717) is 11.5 Å². The highest BCUT2D eigenvalue weighted by Crippen LogP contribution is 2.36. The molecule has 0 aliphatic heterocycles. The number of aliphatic carboxylic acids is 1. The van der Waals surface area contributed by atoms with Crippen LogP contribution in [0.25, 0.3) is 22.0 Å². The topological polar surface area (TPSA) is 97.1 Å². The molecule has 0 aliphatic carbocycles. The number of nitrogens with zero attached hydrogens (tertiary/aromatic N) is 3. The second-order valence-electron chi connectivity index (χ2n) is 10.4. The minimum absolute atomic E-state index is 0.0147. The quantitative estimate of drug-likeness (QED) is 0.245. The highest BCUT2D eigenvalue weighted by Gasteiger charge is 2.30.